The summed E-state index contributed by atoms with van der Waals surface area (Å²) in [5.74, 6) is -1.65. The zero-order chi connectivity index (χ0) is 14.6. The maximum Gasteiger partial charge on any atom is 0.309 e. The minimum absolute atomic E-state index is 0.122. The third-order valence-corrected chi connectivity index (χ3v) is 4.37. The molecule has 1 aliphatic rings. The van der Waals surface area contributed by atoms with E-state index in [1.54, 1.807) is 0 Å². The van der Waals surface area contributed by atoms with Gasteiger partial charge in [-0.1, -0.05) is 26.7 Å². The van der Waals surface area contributed by atoms with Crippen LogP contribution in [-0.4, -0.2) is 34.2 Å². The molecule has 0 spiro atoms. The molecule has 0 saturated heterocycles. The van der Waals surface area contributed by atoms with Crippen molar-refractivity contribution in [3.63, 3.8) is 0 Å². The molecule has 0 aliphatic heterocycles. The summed E-state index contributed by atoms with van der Waals surface area (Å²) >= 11 is 0. The van der Waals surface area contributed by atoms with Crippen molar-refractivity contribution < 1.29 is 19.8 Å². The van der Waals surface area contributed by atoms with Crippen LogP contribution in [0, 0.1) is 17.8 Å². The van der Waals surface area contributed by atoms with Crippen molar-refractivity contribution in [1.82, 2.24) is 5.32 Å². The van der Waals surface area contributed by atoms with Crippen LogP contribution in [0.25, 0.3) is 0 Å². The summed E-state index contributed by atoms with van der Waals surface area (Å²) in [7, 11) is 0. The predicted molar refractivity (Wildman–Crippen MR) is 71.5 cm³/mol. The first-order valence-electron chi connectivity index (χ1n) is 7.10. The lowest BCUT2D eigenvalue weighted by Gasteiger charge is -2.33. The number of hydrogen-bond acceptors (Lipinski definition) is 3. The van der Waals surface area contributed by atoms with Crippen molar-refractivity contribution in [2.75, 3.05) is 0 Å². The van der Waals surface area contributed by atoms with E-state index in [1.165, 1.54) is 6.92 Å². The summed E-state index contributed by atoms with van der Waals surface area (Å²) in [6.07, 6.45) is 2.08. The number of hydrogen-bond donors (Lipinski definition) is 3. The van der Waals surface area contributed by atoms with Gasteiger partial charge in [0.15, 0.2) is 0 Å². The lowest BCUT2D eigenvalue weighted by Crippen LogP contribution is -2.48. The molecule has 0 aromatic heterocycles. The fourth-order valence-electron chi connectivity index (χ4n) is 3.28. The lowest BCUT2D eigenvalue weighted by atomic mass is 9.82. The molecular weight excluding hydrogens is 246 g/mol. The summed E-state index contributed by atoms with van der Waals surface area (Å²) in [5.41, 5.74) is 0. The Morgan fingerprint density at radius 2 is 1.84 bits per heavy atom. The van der Waals surface area contributed by atoms with Gasteiger partial charge in [0, 0.05) is 18.9 Å². The van der Waals surface area contributed by atoms with Crippen LogP contribution in [-0.2, 0) is 9.59 Å². The maximum atomic E-state index is 11.4. The van der Waals surface area contributed by atoms with Crippen molar-refractivity contribution in [2.45, 2.75) is 58.6 Å². The average molecular weight is 271 g/mol. The fourth-order valence-corrected chi connectivity index (χ4v) is 3.28. The molecule has 110 valence electrons. The van der Waals surface area contributed by atoms with Crippen LogP contribution in [0.2, 0.25) is 0 Å². The highest BCUT2D eigenvalue weighted by atomic mass is 16.4. The SMILES string of the molecule is CCC(CC)C(NC(C)=O)[C@H]1CC[C@H](C(=O)O)[C@H]1O. The molecule has 0 aromatic rings. The van der Waals surface area contributed by atoms with E-state index in [0.29, 0.717) is 12.8 Å². The average Bonchev–Trinajstić information content (AvgIpc) is 2.70. The number of carbonyl (C=O) groups excluding carboxylic acids is 1. The van der Waals surface area contributed by atoms with Crippen molar-refractivity contribution in [3.8, 4) is 0 Å². The molecule has 5 heteroatoms. The second-order valence-corrected chi connectivity index (χ2v) is 5.48. The number of amides is 1. The van der Waals surface area contributed by atoms with Gasteiger partial charge >= 0.3 is 5.97 Å². The van der Waals surface area contributed by atoms with Crippen LogP contribution in [0.3, 0.4) is 0 Å². The molecular formula is C14H25NO4. The van der Waals surface area contributed by atoms with E-state index in [4.69, 9.17) is 5.11 Å². The van der Waals surface area contributed by atoms with Gasteiger partial charge in [-0.25, -0.2) is 0 Å². The van der Waals surface area contributed by atoms with Crippen molar-refractivity contribution in [3.05, 3.63) is 0 Å². The van der Waals surface area contributed by atoms with Gasteiger partial charge in [-0.2, -0.15) is 0 Å². The van der Waals surface area contributed by atoms with Crippen molar-refractivity contribution in [1.29, 1.82) is 0 Å². The van der Waals surface area contributed by atoms with E-state index < -0.39 is 18.0 Å². The summed E-state index contributed by atoms with van der Waals surface area (Å²) < 4.78 is 0. The zero-order valence-corrected chi connectivity index (χ0v) is 11.9. The predicted octanol–water partition coefficient (Wildman–Crippen LogP) is 1.40. The molecule has 0 radical (unpaired) electrons. The number of nitrogens with one attached hydrogen (secondary N) is 1. The van der Waals surface area contributed by atoms with Gasteiger partial charge in [0.2, 0.25) is 5.91 Å². The van der Waals surface area contributed by atoms with Gasteiger partial charge in [-0.05, 0) is 18.8 Å². The number of aliphatic carboxylic acids is 1. The molecule has 1 amide bonds. The molecule has 4 atom stereocenters. The Morgan fingerprint density at radius 1 is 1.26 bits per heavy atom. The van der Waals surface area contributed by atoms with Crippen LogP contribution in [0.15, 0.2) is 0 Å². The number of rotatable bonds is 6. The van der Waals surface area contributed by atoms with Crippen LogP contribution in [0.5, 0.6) is 0 Å². The standard InChI is InChI=1S/C14H25NO4/c1-4-9(5-2)12(15-8(3)16)10-6-7-11(13(10)17)14(18)19/h9-13,17H,4-7H2,1-3H3,(H,15,16)(H,18,19)/t10-,11+,12?,13+/m1/s1. The second kappa shape index (κ2) is 6.89. The number of aliphatic hydroxyl groups is 1. The first-order valence-corrected chi connectivity index (χ1v) is 7.10. The minimum Gasteiger partial charge on any atom is -0.481 e. The van der Waals surface area contributed by atoms with Crippen LogP contribution < -0.4 is 5.32 Å². The van der Waals surface area contributed by atoms with Gasteiger partial charge in [0.1, 0.15) is 0 Å². The third-order valence-electron chi connectivity index (χ3n) is 4.37. The monoisotopic (exact) mass is 271 g/mol. The van der Waals surface area contributed by atoms with Crippen LogP contribution in [0.4, 0.5) is 0 Å². The second-order valence-electron chi connectivity index (χ2n) is 5.48. The van der Waals surface area contributed by atoms with Gasteiger partial charge in [-0.3, -0.25) is 9.59 Å². The normalized spacial score (nSPS) is 28.4. The van der Waals surface area contributed by atoms with Gasteiger partial charge in [0.25, 0.3) is 0 Å². The van der Waals surface area contributed by atoms with Gasteiger partial charge < -0.3 is 15.5 Å². The summed E-state index contributed by atoms with van der Waals surface area (Å²) in [5, 5.41) is 22.2. The van der Waals surface area contributed by atoms with E-state index in [0.717, 1.165) is 12.8 Å². The van der Waals surface area contributed by atoms with Crippen molar-refractivity contribution in [2.24, 2.45) is 17.8 Å². The molecule has 0 bridgehead atoms. The molecule has 1 aliphatic carbocycles. The topological polar surface area (TPSA) is 86.6 Å². The number of carbonyl (C=O) groups is 2. The minimum atomic E-state index is -0.943. The Morgan fingerprint density at radius 3 is 2.21 bits per heavy atom. The zero-order valence-electron chi connectivity index (χ0n) is 11.9. The highest BCUT2D eigenvalue weighted by Gasteiger charge is 2.44. The molecule has 0 heterocycles. The fraction of sp³-hybridized carbons (Fsp3) is 0.857. The number of carboxylic acid groups (broad SMARTS) is 1. The van der Waals surface area contributed by atoms with E-state index in [-0.39, 0.29) is 23.8 Å². The third kappa shape index (κ3) is 3.69. The molecule has 1 fully saturated rings. The lowest BCUT2D eigenvalue weighted by molar-refractivity contribution is -0.145. The number of aliphatic hydroxyl groups excluding tert-OH is 1. The van der Waals surface area contributed by atoms with Gasteiger partial charge in [0.05, 0.1) is 12.0 Å². The molecule has 1 rings (SSSR count). The van der Waals surface area contributed by atoms with E-state index >= 15 is 0 Å². The maximum absolute atomic E-state index is 11.4. The molecule has 19 heavy (non-hydrogen) atoms. The van der Waals surface area contributed by atoms with Crippen molar-refractivity contribution >= 4 is 11.9 Å². The van der Waals surface area contributed by atoms with Crippen LogP contribution in [0.1, 0.15) is 46.5 Å². The van der Waals surface area contributed by atoms with E-state index in [1.807, 2.05) is 0 Å². The first-order chi connectivity index (χ1) is 8.92. The molecule has 5 nitrogen and oxygen atoms in total. The summed E-state index contributed by atoms with van der Waals surface area (Å²) in [6, 6.07) is -0.133. The highest BCUT2D eigenvalue weighted by Crippen LogP contribution is 2.37. The molecule has 1 unspecified atom stereocenters. The smallest absolute Gasteiger partial charge is 0.309 e. The number of carboxylic acids is 1. The van der Waals surface area contributed by atoms with Gasteiger partial charge in [-0.15, -0.1) is 0 Å². The highest BCUT2D eigenvalue weighted by molar-refractivity contribution is 5.73. The summed E-state index contributed by atoms with van der Waals surface area (Å²) in [6.45, 7) is 5.57. The quantitative estimate of drug-likeness (QED) is 0.681. The summed E-state index contributed by atoms with van der Waals surface area (Å²) in [4.78, 5) is 22.4. The Balaban J connectivity index is 2.86. The Labute approximate surface area is 114 Å². The van der Waals surface area contributed by atoms with E-state index in [2.05, 4.69) is 19.2 Å². The molecule has 0 aromatic carbocycles. The van der Waals surface area contributed by atoms with Crippen LogP contribution >= 0.6 is 0 Å². The Bertz CT molecular complexity index is 327. The first kappa shape index (κ1) is 16.0. The Kier molecular flexibility index (Phi) is 5.79. The molecule has 3 N–H and O–H groups in total. The van der Waals surface area contributed by atoms with E-state index in [9.17, 15) is 14.7 Å². The molecule has 1 saturated carbocycles. The largest absolute Gasteiger partial charge is 0.481 e. The Hall–Kier alpha value is -1.10.